The Balaban J connectivity index is 0.000000481. The van der Waals surface area contributed by atoms with Crippen LogP contribution in [-0.4, -0.2) is 82.8 Å². The normalized spacial score (nSPS) is 27.6. The molecule has 47 heavy (non-hydrogen) atoms. The van der Waals surface area contributed by atoms with Crippen LogP contribution in [0.2, 0.25) is 0 Å². The van der Waals surface area contributed by atoms with Crippen LogP contribution in [0.5, 0.6) is 0 Å². The van der Waals surface area contributed by atoms with Crippen molar-refractivity contribution in [2.75, 3.05) is 0 Å². The fourth-order valence-electron chi connectivity index (χ4n) is 5.95. The molecule has 0 amide bonds. The van der Waals surface area contributed by atoms with E-state index in [9.17, 15) is 24.0 Å². The lowest BCUT2D eigenvalue weighted by molar-refractivity contribution is -0.183. The Bertz CT molecular complexity index is 1020. The summed E-state index contributed by atoms with van der Waals surface area (Å²) in [5.41, 5.74) is 0. The molecule has 0 aliphatic heterocycles. The fraction of sp³-hybridized carbons (Fsp3) is 0.857. The molecule has 2 aliphatic carbocycles. The van der Waals surface area contributed by atoms with E-state index in [0.29, 0.717) is 35.5 Å². The largest absolute Gasteiger partial charge is 0.459 e. The minimum absolute atomic E-state index is 0.117. The summed E-state index contributed by atoms with van der Waals surface area (Å²) in [6.07, 6.45) is -0.182. The molecular formula is C35H60O12. The molecule has 0 saturated heterocycles. The van der Waals surface area contributed by atoms with Gasteiger partial charge in [0, 0.05) is 0 Å². The van der Waals surface area contributed by atoms with Gasteiger partial charge in [-0.2, -0.15) is 0 Å². The minimum Gasteiger partial charge on any atom is -0.459 e. The van der Waals surface area contributed by atoms with Crippen molar-refractivity contribution in [3.8, 4) is 0 Å². The highest BCUT2D eigenvalue weighted by Gasteiger charge is 2.37. The molecule has 0 aromatic rings. The van der Waals surface area contributed by atoms with Gasteiger partial charge in [-0.25, -0.2) is 24.0 Å². The summed E-state index contributed by atoms with van der Waals surface area (Å²) < 4.78 is 25.9. The zero-order valence-electron chi connectivity index (χ0n) is 30.2. The van der Waals surface area contributed by atoms with Crippen molar-refractivity contribution in [3.05, 3.63) is 0 Å². The fourth-order valence-corrected chi connectivity index (χ4v) is 5.95. The Morgan fingerprint density at radius 2 is 0.787 bits per heavy atom. The van der Waals surface area contributed by atoms with Gasteiger partial charge in [0.1, 0.15) is 24.4 Å². The van der Waals surface area contributed by atoms with E-state index in [1.54, 1.807) is 0 Å². The van der Waals surface area contributed by atoms with Crippen LogP contribution in [0.4, 0.5) is 0 Å². The molecule has 11 unspecified atom stereocenters. The molecule has 0 aromatic heterocycles. The van der Waals surface area contributed by atoms with E-state index in [4.69, 9.17) is 33.9 Å². The Morgan fingerprint density at radius 3 is 1.09 bits per heavy atom. The molecule has 0 bridgehead atoms. The van der Waals surface area contributed by atoms with Crippen molar-refractivity contribution in [2.24, 2.45) is 35.5 Å². The molecule has 0 aromatic carbocycles. The second-order valence-electron chi connectivity index (χ2n) is 14.2. The van der Waals surface area contributed by atoms with Gasteiger partial charge in [-0.05, 0) is 95.8 Å². The van der Waals surface area contributed by atoms with Crippen LogP contribution in [0.15, 0.2) is 0 Å². The van der Waals surface area contributed by atoms with Crippen LogP contribution in [0.3, 0.4) is 0 Å². The molecule has 0 radical (unpaired) electrons. The van der Waals surface area contributed by atoms with Crippen LogP contribution >= 0.6 is 0 Å². The second kappa shape index (κ2) is 19.9. The summed E-state index contributed by atoms with van der Waals surface area (Å²) in [5.74, 6) is -1.21. The van der Waals surface area contributed by atoms with Gasteiger partial charge in [-0.1, -0.05) is 54.4 Å². The van der Waals surface area contributed by atoms with Crippen molar-refractivity contribution >= 4 is 29.8 Å². The van der Waals surface area contributed by atoms with Crippen molar-refractivity contribution in [2.45, 2.75) is 157 Å². The summed E-state index contributed by atoms with van der Waals surface area (Å²) in [6, 6.07) is 0. The number of ether oxygens (including phenoxy) is 5. The smallest absolute Gasteiger partial charge is 0.347 e. The van der Waals surface area contributed by atoms with Gasteiger partial charge < -0.3 is 33.9 Å². The molecule has 2 fully saturated rings. The van der Waals surface area contributed by atoms with E-state index < -0.39 is 60.4 Å². The Hall–Kier alpha value is -2.73. The van der Waals surface area contributed by atoms with Gasteiger partial charge in [-0.3, -0.25) is 0 Å². The minimum atomic E-state index is -1.34. The average molecular weight is 673 g/mol. The number of aliphatic hydroxyl groups is 2. The van der Waals surface area contributed by atoms with Gasteiger partial charge in [-0.15, -0.1) is 0 Å². The average Bonchev–Trinajstić information content (AvgIpc) is 2.96. The molecule has 11 atom stereocenters. The number of esters is 5. The topological polar surface area (TPSA) is 172 Å². The van der Waals surface area contributed by atoms with Gasteiger partial charge in [0.2, 0.25) is 0 Å². The summed E-state index contributed by atoms with van der Waals surface area (Å²) >= 11 is 0. The highest BCUT2D eigenvalue weighted by molar-refractivity contribution is 5.83. The zero-order valence-corrected chi connectivity index (χ0v) is 30.2. The van der Waals surface area contributed by atoms with Crippen molar-refractivity contribution in [3.63, 3.8) is 0 Å². The Morgan fingerprint density at radius 1 is 0.489 bits per heavy atom. The predicted octanol–water partition coefficient (Wildman–Crippen LogP) is 4.54. The first-order chi connectivity index (χ1) is 21.7. The summed E-state index contributed by atoms with van der Waals surface area (Å²) in [7, 11) is 0. The van der Waals surface area contributed by atoms with Gasteiger partial charge in [0.25, 0.3) is 0 Å². The van der Waals surface area contributed by atoms with Crippen molar-refractivity contribution in [1.82, 2.24) is 0 Å². The number of rotatable bonds is 12. The third kappa shape index (κ3) is 14.5. The van der Waals surface area contributed by atoms with Crippen LogP contribution in [-0.2, 0) is 47.7 Å². The molecular weight excluding hydrogens is 612 g/mol. The molecule has 2 N–H and O–H groups in total. The molecule has 272 valence electrons. The summed E-state index contributed by atoms with van der Waals surface area (Å²) in [4.78, 5) is 58.9. The van der Waals surface area contributed by atoms with Crippen LogP contribution in [0.25, 0.3) is 0 Å². The molecule has 2 saturated carbocycles. The molecule has 2 rings (SSSR count). The van der Waals surface area contributed by atoms with Crippen LogP contribution < -0.4 is 0 Å². The van der Waals surface area contributed by atoms with E-state index >= 15 is 0 Å². The number of carbonyl (C=O) groups excluding carboxylic acids is 5. The first-order valence-corrected chi connectivity index (χ1v) is 17.1. The Labute approximate surface area is 280 Å². The first kappa shape index (κ1) is 42.3. The third-order valence-electron chi connectivity index (χ3n) is 9.01. The maximum Gasteiger partial charge on any atom is 0.347 e. The SMILES string of the molecule is CC1CCC(C(C)C)C(OC(=O)C(C)OC(=O)C(C)O)C1.CC1CCC(C(C)C)C(OC(=O)C(C)OC(=O)C(C)OC(=O)C(C)O)C1. The van der Waals surface area contributed by atoms with E-state index in [2.05, 4.69) is 41.5 Å². The van der Waals surface area contributed by atoms with Crippen molar-refractivity contribution < 1.29 is 57.9 Å². The lowest BCUT2D eigenvalue weighted by Gasteiger charge is -2.37. The first-order valence-electron chi connectivity index (χ1n) is 17.1. The van der Waals surface area contributed by atoms with Crippen LogP contribution in [0, 0.1) is 35.5 Å². The molecule has 0 heterocycles. The van der Waals surface area contributed by atoms with Gasteiger partial charge >= 0.3 is 29.8 Å². The van der Waals surface area contributed by atoms with E-state index in [1.807, 2.05) is 0 Å². The molecule has 12 heteroatoms. The monoisotopic (exact) mass is 672 g/mol. The maximum atomic E-state index is 12.3. The zero-order chi connectivity index (χ0) is 36.2. The quantitative estimate of drug-likeness (QED) is 0.219. The Kier molecular flexibility index (Phi) is 17.9. The second-order valence-corrected chi connectivity index (χ2v) is 14.2. The summed E-state index contributed by atoms with van der Waals surface area (Å²) in [5, 5.41) is 18.2. The third-order valence-corrected chi connectivity index (χ3v) is 9.01. The highest BCUT2D eigenvalue weighted by atomic mass is 16.6. The molecule has 0 spiro atoms. The molecule has 2 aliphatic rings. The standard InChI is InChI=1S/C19H32O7.C16H28O5/c1-10(2)15-8-7-11(3)9-16(15)26-19(23)14(6)25-18(22)13(5)24-17(21)12(4)20;1-9(2)13-7-6-10(3)8-14(13)21-16(19)12(5)20-15(18)11(4)17/h10-16,20H,7-9H2,1-6H3;9-14,17H,6-8H2,1-5H3. The predicted molar refractivity (Wildman–Crippen MR) is 172 cm³/mol. The van der Waals surface area contributed by atoms with E-state index in [1.165, 1.54) is 34.6 Å². The number of hydrogen-bond donors (Lipinski definition) is 2. The lowest BCUT2D eigenvalue weighted by Crippen LogP contribution is -2.40. The van der Waals surface area contributed by atoms with E-state index in [0.717, 1.165) is 38.5 Å². The van der Waals surface area contributed by atoms with Crippen molar-refractivity contribution in [1.29, 1.82) is 0 Å². The summed E-state index contributed by atoms with van der Waals surface area (Å²) in [6.45, 7) is 19.6. The number of carbonyl (C=O) groups is 5. The van der Waals surface area contributed by atoms with E-state index in [-0.39, 0.29) is 12.2 Å². The van der Waals surface area contributed by atoms with Gasteiger partial charge in [0.05, 0.1) is 0 Å². The molecule has 12 nitrogen and oxygen atoms in total. The van der Waals surface area contributed by atoms with Gasteiger partial charge in [0.15, 0.2) is 18.3 Å². The number of aliphatic hydroxyl groups excluding tert-OH is 2. The maximum absolute atomic E-state index is 12.3. The number of hydrogen-bond acceptors (Lipinski definition) is 12. The highest BCUT2D eigenvalue weighted by Crippen LogP contribution is 2.36. The lowest BCUT2D eigenvalue weighted by atomic mass is 9.75. The van der Waals surface area contributed by atoms with Crippen LogP contribution in [0.1, 0.15) is 115 Å².